The van der Waals surface area contributed by atoms with Crippen LogP contribution in [-0.4, -0.2) is 38.2 Å². The maximum Gasteiger partial charge on any atom is 0.191 e. The molecule has 1 aliphatic rings. The van der Waals surface area contributed by atoms with Crippen LogP contribution in [0.4, 0.5) is 0 Å². The number of aromatic nitrogens is 1. The van der Waals surface area contributed by atoms with Gasteiger partial charge in [-0.1, -0.05) is 24.3 Å². The molecule has 0 spiro atoms. The summed E-state index contributed by atoms with van der Waals surface area (Å²) in [6.07, 6.45) is 3.23. The van der Waals surface area contributed by atoms with Crippen molar-refractivity contribution in [2.45, 2.75) is 6.29 Å². The van der Waals surface area contributed by atoms with Gasteiger partial charge in [-0.3, -0.25) is 4.98 Å². The van der Waals surface area contributed by atoms with Crippen molar-refractivity contribution < 1.29 is 18.9 Å². The molecule has 4 rings (SSSR count). The van der Waals surface area contributed by atoms with Crippen LogP contribution in [0.5, 0.6) is 11.5 Å². The molecule has 1 aromatic heterocycles. The first-order chi connectivity index (χ1) is 12.3. The highest BCUT2D eigenvalue weighted by molar-refractivity contribution is 5.97. The molecule has 5 heteroatoms. The Balaban J connectivity index is 1.72. The average Bonchev–Trinajstić information content (AvgIpc) is 3.19. The van der Waals surface area contributed by atoms with Gasteiger partial charge in [-0.15, -0.1) is 0 Å². The van der Waals surface area contributed by atoms with E-state index in [9.17, 15) is 0 Å². The molecule has 0 bridgehead atoms. The van der Waals surface area contributed by atoms with Crippen LogP contribution in [0.15, 0.2) is 54.9 Å². The number of hydrogen-bond acceptors (Lipinski definition) is 5. The van der Waals surface area contributed by atoms with Gasteiger partial charge in [-0.2, -0.15) is 0 Å². The molecule has 128 valence electrons. The summed E-state index contributed by atoms with van der Waals surface area (Å²) in [4.78, 5) is 4.27. The zero-order valence-electron chi connectivity index (χ0n) is 14.0. The summed E-state index contributed by atoms with van der Waals surface area (Å²) in [6.45, 7) is 1.60. The third-order valence-corrected chi connectivity index (χ3v) is 4.17. The van der Waals surface area contributed by atoms with Crippen molar-refractivity contribution in [3.63, 3.8) is 0 Å². The van der Waals surface area contributed by atoms with Gasteiger partial charge in [0, 0.05) is 11.8 Å². The number of hydrogen-bond donors (Lipinski definition) is 0. The lowest BCUT2D eigenvalue weighted by Crippen LogP contribution is -2.18. The van der Waals surface area contributed by atoms with Crippen molar-refractivity contribution in [3.8, 4) is 22.6 Å². The van der Waals surface area contributed by atoms with Gasteiger partial charge in [0.05, 0.1) is 26.5 Å². The first-order valence-electron chi connectivity index (χ1n) is 8.22. The van der Waals surface area contributed by atoms with Gasteiger partial charge in [0.1, 0.15) is 18.1 Å². The third kappa shape index (κ3) is 3.43. The molecule has 0 N–H and O–H groups in total. The van der Waals surface area contributed by atoms with E-state index < -0.39 is 0 Å². The fourth-order valence-electron chi connectivity index (χ4n) is 2.95. The minimum Gasteiger partial charge on any atom is -0.495 e. The molecule has 5 nitrogen and oxygen atoms in total. The minimum absolute atomic E-state index is 0.298. The second-order valence-corrected chi connectivity index (χ2v) is 5.79. The summed E-state index contributed by atoms with van der Waals surface area (Å²) >= 11 is 0. The summed E-state index contributed by atoms with van der Waals surface area (Å²) in [5, 5.41) is 2.24. The van der Waals surface area contributed by atoms with Crippen molar-refractivity contribution in [2.75, 3.05) is 26.9 Å². The SMILES string of the molecule is COc1cncc(-c2cc(OCC3OCCO3)cc3ccccc23)c1. The number of rotatable bonds is 5. The van der Waals surface area contributed by atoms with Crippen LogP contribution in [0.2, 0.25) is 0 Å². The minimum atomic E-state index is -0.298. The molecule has 0 saturated carbocycles. The molecule has 1 saturated heterocycles. The number of benzene rings is 2. The Bertz CT molecular complexity index is 874. The van der Waals surface area contributed by atoms with Crippen LogP contribution in [-0.2, 0) is 9.47 Å². The molecule has 1 aliphatic heterocycles. The predicted octanol–water partition coefficient (Wildman–Crippen LogP) is 3.66. The highest BCUT2D eigenvalue weighted by atomic mass is 16.7. The number of pyridine rings is 1. The monoisotopic (exact) mass is 337 g/mol. The fourth-order valence-corrected chi connectivity index (χ4v) is 2.95. The molecule has 3 aromatic rings. The van der Waals surface area contributed by atoms with Crippen molar-refractivity contribution >= 4 is 10.8 Å². The lowest BCUT2D eigenvalue weighted by Gasteiger charge is -2.14. The van der Waals surface area contributed by atoms with Gasteiger partial charge in [0.2, 0.25) is 0 Å². The van der Waals surface area contributed by atoms with Crippen LogP contribution in [0.1, 0.15) is 0 Å². The molecule has 0 aliphatic carbocycles. The predicted molar refractivity (Wildman–Crippen MR) is 94.9 cm³/mol. The molecule has 0 radical (unpaired) electrons. The maximum absolute atomic E-state index is 5.92. The molecule has 1 fully saturated rings. The largest absolute Gasteiger partial charge is 0.495 e. The van der Waals surface area contributed by atoms with E-state index in [1.807, 2.05) is 36.5 Å². The van der Waals surface area contributed by atoms with E-state index in [2.05, 4.69) is 17.1 Å². The van der Waals surface area contributed by atoms with E-state index in [-0.39, 0.29) is 6.29 Å². The molecular weight excluding hydrogens is 318 g/mol. The van der Waals surface area contributed by atoms with Crippen molar-refractivity contribution in [1.82, 2.24) is 4.98 Å². The van der Waals surface area contributed by atoms with Crippen molar-refractivity contribution in [3.05, 3.63) is 54.9 Å². The summed E-state index contributed by atoms with van der Waals surface area (Å²) in [6, 6.07) is 14.2. The lowest BCUT2D eigenvalue weighted by molar-refractivity contribution is -0.0683. The van der Waals surface area contributed by atoms with E-state index in [4.69, 9.17) is 18.9 Å². The van der Waals surface area contributed by atoms with E-state index in [0.29, 0.717) is 19.8 Å². The van der Waals surface area contributed by atoms with Crippen molar-refractivity contribution in [1.29, 1.82) is 0 Å². The zero-order chi connectivity index (χ0) is 17.1. The van der Waals surface area contributed by atoms with Crippen LogP contribution in [0.25, 0.3) is 21.9 Å². The number of methoxy groups -OCH3 is 1. The maximum atomic E-state index is 5.92. The van der Waals surface area contributed by atoms with E-state index >= 15 is 0 Å². The molecule has 0 atom stereocenters. The molecule has 0 amide bonds. The quantitative estimate of drug-likeness (QED) is 0.711. The van der Waals surface area contributed by atoms with Gasteiger partial charge in [-0.25, -0.2) is 0 Å². The second-order valence-electron chi connectivity index (χ2n) is 5.79. The standard InChI is InChI=1S/C20H19NO4/c1-22-17-9-15(11-21-12-17)19-10-16(25-13-20-23-6-7-24-20)8-14-4-2-3-5-18(14)19/h2-5,8-12,20H,6-7,13H2,1H3. The number of ether oxygens (including phenoxy) is 4. The van der Waals surface area contributed by atoms with Gasteiger partial charge in [-0.05, 0) is 34.5 Å². The van der Waals surface area contributed by atoms with Gasteiger partial charge in [0.15, 0.2) is 6.29 Å². The van der Waals surface area contributed by atoms with Gasteiger partial charge >= 0.3 is 0 Å². The second kappa shape index (κ2) is 7.09. The molecule has 0 unspecified atom stereocenters. The summed E-state index contributed by atoms with van der Waals surface area (Å²) in [5.41, 5.74) is 2.03. The van der Waals surface area contributed by atoms with Gasteiger partial charge < -0.3 is 18.9 Å². The van der Waals surface area contributed by atoms with Crippen LogP contribution >= 0.6 is 0 Å². The first kappa shape index (κ1) is 15.9. The Labute approximate surface area is 146 Å². The summed E-state index contributed by atoms with van der Waals surface area (Å²) < 4.78 is 22.1. The average molecular weight is 337 g/mol. The van der Waals surface area contributed by atoms with E-state index in [1.54, 1.807) is 13.3 Å². The van der Waals surface area contributed by atoms with Crippen LogP contribution < -0.4 is 9.47 Å². The number of nitrogens with zero attached hydrogens (tertiary/aromatic N) is 1. The Morgan fingerprint density at radius 1 is 1.04 bits per heavy atom. The first-order valence-corrected chi connectivity index (χ1v) is 8.22. The van der Waals surface area contributed by atoms with Crippen LogP contribution in [0, 0.1) is 0 Å². The molecular formula is C20H19NO4. The molecule has 25 heavy (non-hydrogen) atoms. The Kier molecular flexibility index (Phi) is 4.50. The topological polar surface area (TPSA) is 49.8 Å². The normalized spacial score (nSPS) is 14.8. The Morgan fingerprint density at radius 2 is 1.88 bits per heavy atom. The third-order valence-electron chi connectivity index (χ3n) is 4.17. The summed E-state index contributed by atoms with van der Waals surface area (Å²) in [5.74, 6) is 1.50. The van der Waals surface area contributed by atoms with Crippen LogP contribution in [0.3, 0.4) is 0 Å². The van der Waals surface area contributed by atoms with Crippen molar-refractivity contribution in [2.24, 2.45) is 0 Å². The smallest absolute Gasteiger partial charge is 0.191 e. The number of fused-ring (bicyclic) bond motifs is 1. The highest BCUT2D eigenvalue weighted by Crippen LogP contribution is 2.34. The lowest BCUT2D eigenvalue weighted by atomic mass is 9.99. The van der Waals surface area contributed by atoms with Gasteiger partial charge in [0.25, 0.3) is 0 Å². The fraction of sp³-hybridized carbons (Fsp3) is 0.250. The van der Waals surface area contributed by atoms with E-state index in [0.717, 1.165) is 33.4 Å². The summed E-state index contributed by atoms with van der Waals surface area (Å²) in [7, 11) is 1.64. The Morgan fingerprint density at radius 3 is 2.72 bits per heavy atom. The van der Waals surface area contributed by atoms with E-state index in [1.165, 1.54) is 0 Å². The Hall–Kier alpha value is -2.63. The zero-order valence-corrected chi connectivity index (χ0v) is 14.0. The highest BCUT2D eigenvalue weighted by Gasteiger charge is 2.17. The molecule has 2 heterocycles. The molecule has 2 aromatic carbocycles.